The Kier molecular flexibility index (Phi) is 5.87. The number of sulfonamides is 1. The molecule has 0 aliphatic carbocycles. The van der Waals surface area contributed by atoms with Crippen molar-refractivity contribution in [3.8, 4) is 11.3 Å². The Morgan fingerprint density at radius 2 is 1.94 bits per heavy atom. The molecule has 1 aromatic heterocycles. The molecular formula is C21H19F2N3O3S2. The lowest BCUT2D eigenvalue weighted by Gasteiger charge is -2.34. The highest BCUT2D eigenvalue weighted by atomic mass is 32.2. The summed E-state index contributed by atoms with van der Waals surface area (Å²) in [5.41, 5.74) is 2.55. The second kappa shape index (κ2) is 8.45. The van der Waals surface area contributed by atoms with Crippen LogP contribution in [0.1, 0.15) is 18.1 Å². The van der Waals surface area contributed by atoms with Gasteiger partial charge in [0.25, 0.3) is 0 Å². The maximum atomic E-state index is 13.5. The summed E-state index contributed by atoms with van der Waals surface area (Å²) in [5.74, 6) is -2.55. The summed E-state index contributed by atoms with van der Waals surface area (Å²) in [6.45, 7) is 1.67. The minimum atomic E-state index is -3.62. The second-order valence-electron chi connectivity index (χ2n) is 7.09. The summed E-state index contributed by atoms with van der Waals surface area (Å²) in [5, 5.41) is 4.54. The van der Waals surface area contributed by atoms with Gasteiger partial charge in [-0.25, -0.2) is 22.2 Å². The summed E-state index contributed by atoms with van der Waals surface area (Å²) >= 11 is 1.12. The molecule has 3 aromatic rings. The average Bonchev–Trinajstić information content (AvgIpc) is 3.23. The molecule has 162 valence electrons. The standard InChI is InChI=1S/C21H19F2N3O3S2/c1-2-31(28,29)26-11-15-6-4-3-5-13(15)10-19(26)20(27)25-21-24-18(12-30-21)14-7-8-16(22)17(23)9-14/h3-9,12,19H,2,10-11H2,1H3,(H,24,25,27). The lowest BCUT2D eigenvalue weighted by Crippen LogP contribution is -2.51. The van der Waals surface area contributed by atoms with Gasteiger partial charge in [-0.15, -0.1) is 11.3 Å². The van der Waals surface area contributed by atoms with Crippen LogP contribution in [0.25, 0.3) is 11.3 Å². The van der Waals surface area contributed by atoms with Crippen molar-refractivity contribution >= 4 is 32.4 Å². The molecule has 4 rings (SSSR count). The third-order valence-corrected chi connectivity index (χ3v) is 7.77. The van der Waals surface area contributed by atoms with E-state index in [1.165, 1.54) is 10.4 Å². The van der Waals surface area contributed by atoms with E-state index < -0.39 is 33.6 Å². The highest BCUT2D eigenvalue weighted by Crippen LogP contribution is 2.29. The number of anilines is 1. The molecule has 0 radical (unpaired) electrons. The van der Waals surface area contributed by atoms with Gasteiger partial charge >= 0.3 is 0 Å². The zero-order valence-electron chi connectivity index (χ0n) is 16.5. The van der Waals surface area contributed by atoms with E-state index in [2.05, 4.69) is 10.3 Å². The second-order valence-corrected chi connectivity index (χ2v) is 10.2. The third kappa shape index (κ3) is 4.36. The van der Waals surface area contributed by atoms with E-state index >= 15 is 0 Å². The molecule has 0 spiro atoms. The fourth-order valence-electron chi connectivity index (χ4n) is 3.49. The third-order valence-electron chi connectivity index (χ3n) is 5.18. The SMILES string of the molecule is CCS(=O)(=O)N1Cc2ccccc2CC1C(=O)Nc1nc(-c2ccc(F)c(F)c2)cs1. The molecule has 0 fully saturated rings. The molecule has 1 aliphatic heterocycles. The number of carbonyl (C=O) groups excluding carboxylic acids is 1. The van der Waals surface area contributed by atoms with Crippen LogP contribution in [0.5, 0.6) is 0 Å². The average molecular weight is 464 g/mol. The van der Waals surface area contributed by atoms with E-state index in [0.717, 1.165) is 34.6 Å². The fourth-order valence-corrected chi connectivity index (χ4v) is 5.44. The predicted molar refractivity (Wildman–Crippen MR) is 115 cm³/mol. The van der Waals surface area contributed by atoms with E-state index in [1.807, 2.05) is 24.3 Å². The normalized spacial score (nSPS) is 16.7. The van der Waals surface area contributed by atoms with Gasteiger partial charge in [-0.2, -0.15) is 4.31 Å². The number of aromatic nitrogens is 1. The number of nitrogens with zero attached hydrogens (tertiary/aromatic N) is 2. The summed E-state index contributed by atoms with van der Waals surface area (Å²) in [6, 6.07) is 9.96. The number of halogens is 2. The Morgan fingerprint density at radius 1 is 1.19 bits per heavy atom. The molecule has 2 aromatic carbocycles. The molecule has 0 bridgehead atoms. The molecule has 1 atom stereocenters. The van der Waals surface area contributed by atoms with Crippen LogP contribution in [0.15, 0.2) is 47.8 Å². The first-order valence-corrected chi connectivity index (χ1v) is 12.1. The van der Waals surface area contributed by atoms with Gasteiger partial charge in [-0.05, 0) is 42.7 Å². The summed E-state index contributed by atoms with van der Waals surface area (Å²) in [6.07, 6.45) is 0.253. The first kappa shape index (κ1) is 21.5. The van der Waals surface area contributed by atoms with Gasteiger partial charge in [0.1, 0.15) is 6.04 Å². The van der Waals surface area contributed by atoms with Crippen LogP contribution in [-0.4, -0.2) is 35.4 Å². The van der Waals surface area contributed by atoms with Crippen molar-refractivity contribution in [1.29, 1.82) is 0 Å². The summed E-state index contributed by atoms with van der Waals surface area (Å²) in [7, 11) is -3.62. The van der Waals surface area contributed by atoms with Gasteiger partial charge in [0.05, 0.1) is 11.4 Å². The fraction of sp³-hybridized carbons (Fsp3) is 0.238. The Hall–Kier alpha value is -2.69. The Balaban J connectivity index is 1.58. The number of thiazole rings is 1. The molecule has 1 N–H and O–H groups in total. The zero-order valence-corrected chi connectivity index (χ0v) is 18.1. The van der Waals surface area contributed by atoms with Crippen LogP contribution in [0.4, 0.5) is 13.9 Å². The van der Waals surface area contributed by atoms with Gasteiger partial charge < -0.3 is 5.32 Å². The minimum absolute atomic E-state index is 0.115. The number of hydrogen-bond acceptors (Lipinski definition) is 5. The number of nitrogens with one attached hydrogen (secondary N) is 1. The number of carbonyl (C=O) groups is 1. The smallest absolute Gasteiger partial charge is 0.244 e. The molecule has 0 saturated carbocycles. The number of hydrogen-bond donors (Lipinski definition) is 1. The summed E-state index contributed by atoms with van der Waals surface area (Å²) in [4.78, 5) is 17.3. The van der Waals surface area contributed by atoms with Crippen LogP contribution in [0.2, 0.25) is 0 Å². The number of fused-ring (bicyclic) bond motifs is 1. The molecule has 10 heteroatoms. The van der Waals surface area contributed by atoms with Gasteiger partial charge in [0.2, 0.25) is 15.9 Å². The van der Waals surface area contributed by atoms with Crippen molar-refractivity contribution in [2.45, 2.75) is 25.9 Å². The van der Waals surface area contributed by atoms with Gasteiger partial charge in [0.15, 0.2) is 16.8 Å². The largest absolute Gasteiger partial charge is 0.301 e. The Morgan fingerprint density at radius 3 is 2.65 bits per heavy atom. The summed E-state index contributed by atoms with van der Waals surface area (Å²) < 4.78 is 53.2. The number of benzene rings is 2. The molecule has 1 unspecified atom stereocenters. The lowest BCUT2D eigenvalue weighted by molar-refractivity contribution is -0.120. The first-order valence-electron chi connectivity index (χ1n) is 9.56. The van der Waals surface area contributed by atoms with Crippen molar-refractivity contribution < 1.29 is 22.0 Å². The van der Waals surface area contributed by atoms with Crippen LogP contribution >= 0.6 is 11.3 Å². The first-order chi connectivity index (χ1) is 14.8. The molecule has 2 heterocycles. The number of amides is 1. The van der Waals surface area contributed by atoms with Gasteiger partial charge in [0, 0.05) is 17.5 Å². The molecular weight excluding hydrogens is 444 g/mol. The van der Waals surface area contributed by atoms with E-state index in [1.54, 1.807) is 12.3 Å². The molecule has 1 aliphatic rings. The quantitative estimate of drug-likeness (QED) is 0.624. The van der Waals surface area contributed by atoms with E-state index in [9.17, 15) is 22.0 Å². The molecule has 6 nitrogen and oxygen atoms in total. The van der Waals surface area contributed by atoms with E-state index in [4.69, 9.17) is 0 Å². The van der Waals surface area contributed by atoms with Gasteiger partial charge in [-0.1, -0.05) is 24.3 Å². The molecule has 31 heavy (non-hydrogen) atoms. The molecule has 1 amide bonds. The van der Waals surface area contributed by atoms with Crippen LogP contribution in [-0.2, 0) is 27.8 Å². The van der Waals surface area contributed by atoms with Crippen LogP contribution < -0.4 is 5.32 Å². The van der Waals surface area contributed by atoms with Crippen molar-refractivity contribution in [2.24, 2.45) is 0 Å². The van der Waals surface area contributed by atoms with Gasteiger partial charge in [-0.3, -0.25) is 4.79 Å². The topological polar surface area (TPSA) is 79.4 Å². The lowest BCUT2D eigenvalue weighted by atomic mass is 9.95. The molecule has 0 saturated heterocycles. The van der Waals surface area contributed by atoms with E-state index in [-0.39, 0.29) is 23.8 Å². The van der Waals surface area contributed by atoms with Crippen LogP contribution in [0, 0.1) is 11.6 Å². The zero-order chi connectivity index (χ0) is 22.2. The highest BCUT2D eigenvalue weighted by Gasteiger charge is 2.38. The Bertz CT molecular complexity index is 1240. The van der Waals surface area contributed by atoms with Crippen molar-refractivity contribution in [1.82, 2.24) is 9.29 Å². The monoisotopic (exact) mass is 463 g/mol. The minimum Gasteiger partial charge on any atom is -0.301 e. The van der Waals surface area contributed by atoms with Crippen LogP contribution in [0.3, 0.4) is 0 Å². The Labute approximate surface area is 182 Å². The maximum absolute atomic E-state index is 13.5. The van der Waals surface area contributed by atoms with Crippen molar-refractivity contribution in [2.75, 3.05) is 11.1 Å². The maximum Gasteiger partial charge on any atom is 0.244 e. The predicted octanol–water partition coefficient (Wildman–Crippen LogP) is 3.80. The van der Waals surface area contributed by atoms with Crippen molar-refractivity contribution in [3.05, 3.63) is 70.6 Å². The van der Waals surface area contributed by atoms with Crippen molar-refractivity contribution in [3.63, 3.8) is 0 Å². The van der Waals surface area contributed by atoms with E-state index in [0.29, 0.717) is 11.3 Å². The highest BCUT2D eigenvalue weighted by molar-refractivity contribution is 7.89. The number of rotatable bonds is 5.